The summed E-state index contributed by atoms with van der Waals surface area (Å²) in [5, 5.41) is 8.13. The number of hydrogen-bond acceptors (Lipinski definition) is 4. The molecule has 2 rings (SSSR count). The van der Waals surface area contributed by atoms with E-state index in [4.69, 9.17) is 11.6 Å². The molecule has 2 aromatic rings. The quantitative estimate of drug-likeness (QED) is 0.918. The molecule has 18 heavy (non-hydrogen) atoms. The summed E-state index contributed by atoms with van der Waals surface area (Å²) >= 11 is 6.22. The summed E-state index contributed by atoms with van der Waals surface area (Å²) in [5.74, 6) is 0.742. The minimum atomic E-state index is -0.0818. The zero-order valence-electron chi connectivity index (χ0n) is 10.7. The molecule has 6 heteroatoms. The Balaban J connectivity index is 2.48. The first-order valence-corrected chi connectivity index (χ1v) is 6.23. The standard InChI is InChI=1S/C12H16ClN5/c1-4-18-12(9(13)7-16-18)11(14-3)10-5-6-15-8(2)17-10/h5-7,11,14H,4H2,1-3H3. The van der Waals surface area contributed by atoms with Gasteiger partial charge in [0.1, 0.15) is 5.82 Å². The molecule has 0 aliphatic carbocycles. The highest BCUT2D eigenvalue weighted by molar-refractivity contribution is 6.31. The molecule has 96 valence electrons. The van der Waals surface area contributed by atoms with E-state index in [1.54, 1.807) is 12.4 Å². The number of aryl methyl sites for hydroxylation is 2. The Bertz CT molecular complexity index is 537. The van der Waals surface area contributed by atoms with Gasteiger partial charge < -0.3 is 5.32 Å². The summed E-state index contributed by atoms with van der Waals surface area (Å²) in [7, 11) is 1.88. The van der Waals surface area contributed by atoms with Crippen molar-refractivity contribution in [1.82, 2.24) is 25.1 Å². The molecule has 0 fully saturated rings. The molecular formula is C12H16ClN5. The lowest BCUT2D eigenvalue weighted by atomic mass is 10.1. The fourth-order valence-corrected chi connectivity index (χ4v) is 2.22. The van der Waals surface area contributed by atoms with E-state index < -0.39 is 0 Å². The Kier molecular flexibility index (Phi) is 3.93. The van der Waals surface area contributed by atoms with Crippen LogP contribution < -0.4 is 5.32 Å². The smallest absolute Gasteiger partial charge is 0.125 e. The average molecular weight is 266 g/mol. The van der Waals surface area contributed by atoms with Gasteiger partial charge in [0.15, 0.2) is 0 Å². The molecule has 0 amide bonds. The second kappa shape index (κ2) is 5.46. The molecule has 0 radical (unpaired) electrons. The highest BCUT2D eigenvalue weighted by atomic mass is 35.5. The van der Waals surface area contributed by atoms with Crippen LogP contribution in [-0.2, 0) is 6.54 Å². The van der Waals surface area contributed by atoms with E-state index in [0.29, 0.717) is 5.02 Å². The number of hydrogen-bond donors (Lipinski definition) is 1. The molecule has 0 aromatic carbocycles. The van der Waals surface area contributed by atoms with Crippen LogP contribution in [0.3, 0.4) is 0 Å². The van der Waals surface area contributed by atoms with Gasteiger partial charge in [0.2, 0.25) is 0 Å². The summed E-state index contributed by atoms with van der Waals surface area (Å²) in [6.45, 7) is 4.67. The molecule has 5 nitrogen and oxygen atoms in total. The van der Waals surface area contributed by atoms with E-state index in [-0.39, 0.29) is 6.04 Å². The van der Waals surface area contributed by atoms with Crippen LogP contribution in [-0.4, -0.2) is 26.8 Å². The highest BCUT2D eigenvalue weighted by Crippen LogP contribution is 2.26. The van der Waals surface area contributed by atoms with Crippen LogP contribution in [0.5, 0.6) is 0 Å². The van der Waals surface area contributed by atoms with Crippen molar-refractivity contribution in [2.24, 2.45) is 0 Å². The number of halogens is 1. The van der Waals surface area contributed by atoms with E-state index >= 15 is 0 Å². The molecule has 0 saturated carbocycles. The monoisotopic (exact) mass is 265 g/mol. The molecule has 0 spiro atoms. The third kappa shape index (κ3) is 2.37. The molecule has 1 atom stereocenters. The molecule has 0 saturated heterocycles. The zero-order valence-corrected chi connectivity index (χ0v) is 11.4. The van der Waals surface area contributed by atoms with Gasteiger partial charge in [0, 0.05) is 12.7 Å². The van der Waals surface area contributed by atoms with Crippen molar-refractivity contribution in [2.75, 3.05) is 7.05 Å². The lowest BCUT2D eigenvalue weighted by molar-refractivity contribution is 0.554. The van der Waals surface area contributed by atoms with Crippen LogP contribution in [0.25, 0.3) is 0 Å². The van der Waals surface area contributed by atoms with Crippen molar-refractivity contribution in [3.63, 3.8) is 0 Å². The van der Waals surface area contributed by atoms with Gasteiger partial charge >= 0.3 is 0 Å². The summed E-state index contributed by atoms with van der Waals surface area (Å²) in [5.41, 5.74) is 1.82. The average Bonchev–Trinajstić information content (AvgIpc) is 2.72. The summed E-state index contributed by atoms with van der Waals surface area (Å²) < 4.78 is 1.88. The third-order valence-corrected chi connectivity index (χ3v) is 3.08. The Morgan fingerprint density at radius 3 is 2.89 bits per heavy atom. The largest absolute Gasteiger partial charge is 0.307 e. The van der Waals surface area contributed by atoms with E-state index in [1.807, 2.05) is 31.6 Å². The van der Waals surface area contributed by atoms with Gasteiger partial charge in [-0.1, -0.05) is 11.6 Å². The second-order valence-corrected chi connectivity index (χ2v) is 4.35. The fourth-order valence-electron chi connectivity index (χ4n) is 1.97. The molecular weight excluding hydrogens is 250 g/mol. The summed E-state index contributed by atoms with van der Waals surface area (Å²) in [6.07, 6.45) is 3.42. The minimum absolute atomic E-state index is 0.0818. The number of nitrogens with zero attached hydrogens (tertiary/aromatic N) is 4. The topological polar surface area (TPSA) is 55.6 Å². The first kappa shape index (κ1) is 13.0. The number of rotatable bonds is 4. The van der Waals surface area contributed by atoms with Crippen molar-refractivity contribution in [1.29, 1.82) is 0 Å². The van der Waals surface area contributed by atoms with Crippen molar-refractivity contribution < 1.29 is 0 Å². The molecule has 1 N–H and O–H groups in total. The van der Waals surface area contributed by atoms with E-state index in [1.165, 1.54) is 0 Å². The van der Waals surface area contributed by atoms with Crippen LogP contribution in [0.15, 0.2) is 18.5 Å². The van der Waals surface area contributed by atoms with E-state index in [2.05, 4.69) is 20.4 Å². The first-order valence-electron chi connectivity index (χ1n) is 5.85. The van der Waals surface area contributed by atoms with Crippen molar-refractivity contribution in [3.8, 4) is 0 Å². The van der Waals surface area contributed by atoms with Crippen LogP contribution >= 0.6 is 11.6 Å². The van der Waals surface area contributed by atoms with Crippen LogP contribution in [0.1, 0.15) is 30.2 Å². The number of nitrogens with one attached hydrogen (secondary N) is 1. The van der Waals surface area contributed by atoms with Gasteiger partial charge in [-0.3, -0.25) is 4.68 Å². The maximum atomic E-state index is 6.22. The minimum Gasteiger partial charge on any atom is -0.307 e. The van der Waals surface area contributed by atoms with Crippen LogP contribution in [0, 0.1) is 6.92 Å². The van der Waals surface area contributed by atoms with Crippen molar-refractivity contribution in [2.45, 2.75) is 26.4 Å². The Hall–Kier alpha value is -1.46. The van der Waals surface area contributed by atoms with Crippen molar-refractivity contribution >= 4 is 11.6 Å². The summed E-state index contributed by atoms with van der Waals surface area (Å²) in [4.78, 5) is 8.55. The zero-order chi connectivity index (χ0) is 13.1. The van der Waals surface area contributed by atoms with Crippen LogP contribution in [0.2, 0.25) is 5.02 Å². The normalized spacial score (nSPS) is 12.7. The first-order chi connectivity index (χ1) is 8.67. The Morgan fingerprint density at radius 2 is 2.28 bits per heavy atom. The lowest BCUT2D eigenvalue weighted by Gasteiger charge is -2.17. The summed E-state index contributed by atoms with van der Waals surface area (Å²) in [6, 6.07) is 1.80. The Labute approximate surface area is 111 Å². The Morgan fingerprint density at radius 1 is 1.50 bits per heavy atom. The van der Waals surface area contributed by atoms with E-state index in [0.717, 1.165) is 23.8 Å². The maximum Gasteiger partial charge on any atom is 0.125 e. The van der Waals surface area contributed by atoms with Gasteiger partial charge in [-0.2, -0.15) is 5.10 Å². The molecule has 0 bridgehead atoms. The van der Waals surface area contributed by atoms with Crippen LogP contribution in [0.4, 0.5) is 0 Å². The molecule has 1 unspecified atom stereocenters. The number of aromatic nitrogens is 4. The molecule has 0 aliphatic heterocycles. The van der Waals surface area contributed by atoms with Gasteiger partial charge in [-0.05, 0) is 27.0 Å². The van der Waals surface area contributed by atoms with Gasteiger partial charge in [-0.15, -0.1) is 0 Å². The lowest BCUT2D eigenvalue weighted by Crippen LogP contribution is -2.23. The van der Waals surface area contributed by atoms with Crippen molar-refractivity contribution in [3.05, 3.63) is 40.7 Å². The molecule has 2 heterocycles. The van der Waals surface area contributed by atoms with Gasteiger partial charge in [0.25, 0.3) is 0 Å². The van der Waals surface area contributed by atoms with Gasteiger partial charge in [-0.25, -0.2) is 9.97 Å². The third-order valence-electron chi connectivity index (χ3n) is 2.79. The predicted molar refractivity (Wildman–Crippen MR) is 70.6 cm³/mol. The SMILES string of the molecule is CCn1ncc(Cl)c1C(NC)c1ccnc(C)n1. The highest BCUT2D eigenvalue weighted by Gasteiger charge is 2.21. The van der Waals surface area contributed by atoms with E-state index in [9.17, 15) is 0 Å². The van der Waals surface area contributed by atoms with Gasteiger partial charge in [0.05, 0.1) is 28.6 Å². The molecule has 2 aromatic heterocycles. The predicted octanol–water partition coefficient (Wildman–Crippen LogP) is 1.96. The fraction of sp³-hybridized carbons (Fsp3) is 0.417. The maximum absolute atomic E-state index is 6.22. The second-order valence-electron chi connectivity index (χ2n) is 3.94. The molecule has 0 aliphatic rings.